The van der Waals surface area contributed by atoms with Crippen LogP contribution in [-0.2, 0) is 10.2 Å². The average molecular weight is 377 g/mol. The molecule has 5 nitrogen and oxygen atoms in total. The van der Waals surface area contributed by atoms with E-state index < -0.39 is 0 Å². The number of urea groups is 1. The normalized spacial score (nSPS) is 20.3. The predicted molar refractivity (Wildman–Crippen MR) is 110 cm³/mol. The summed E-state index contributed by atoms with van der Waals surface area (Å²) in [4.78, 5) is 27.0. The van der Waals surface area contributed by atoms with E-state index in [9.17, 15) is 9.59 Å². The highest BCUT2D eigenvalue weighted by Gasteiger charge is 2.44. The fourth-order valence-electron chi connectivity index (χ4n) is 4.01. The maximum absolute atomic E-state index is 12.8. The minimum Gasteiger partial charge on any atom is -0.355 e. The smallest absolute Gasteiger partial charge is 0.321 e. The summed E-state index contributed by atoms with van der Waals surface area (Å²) in [5, 5.41) is 6.08. The lowest BCUT2D eigenvalue weighted by Gasteiger charge is -2.32. The Morgan fingerprint density at radius 1 is 1.00 bits per heavy atom. The largest absolute Gasteiger partial charge is 0.355 e. The minimum absolute atomic E-state index is 0.0689. The Kier molecular flexibility index (Phi) is 5.33. The lowest BCUT2D eigenvalue weighted by molar-refractivity contribution is -0.126. The summed E-state index contributed by atoms with van der Waals surface area (Å²) < 4.78 is 0. The van der Waals surface area contributed by atoms with E-state index in [1.807, 2.05) is 36.4 Å². The molecular weight excluding hydrogens is 350 g/mol. The van der Waals surface area contributed by atoms with E-state index in [2.05, 4.69) is 34.9 Å². The Hall–Kier alpha value is -2.82. The predicted octanol–water partition coefficient (Wildman–Crippen LogP) is 3.78. The molecule has 0 radical (unpaired) electrons. The van der Waals surface area contributed by atoms with Crippen molar-refractivity contribution < 1.29 is 9.59 Å². The topological polar surface area (TPSA) is 61.4 Å². The Bertz CT molecular complexity index is 818. The number of carbonyl (C=O) groups excluding carboxylic acids is 2. The van der Waals surface area contributed by atoms with Crippen LogP contribution in [0.15, 0.2) is 60.7 Å². The number of nitrogens with zero attached hydrogens (tertiary/aromatic N) is 1. The van der Waals surface area contributed by atoms with Gasteiger partial charge in [-0.05, 0) is 43.4 Å². The van der Waals surface area contributed by atoms with Crippen LogP contribution in [0.1, 0.15) is 31.2 Å². The monoisotopic (exact) mass is 377 g/mol. The average Bonchev–Trinajstić information content (AvgIpc) is 3.55. The highest BCUT2D eigenvalue weighted by molar-refractivity contribution is 5.90. The van der Waals surface area contributed by atoms with Gasteiger partial charge >= 0.3 is 6.03 Å². The summed E-state index contributed by atoms with van der Waals surface area (Å²) >= 11 is 0. The first-order chi connectivity index (χ1) is 13.7. The lowest BCUT2D eigenvalue weighted by atomic mass is 9.94. The van der Waals surface area contributed by atoms with Crippen LogP contribution in [0.3, 0.4) is 0 Å². The first-order valence-corrected chi connectivity index (χ1v) is 10.1. The molecule has 1 atom stereocenters. The number of hydrogen-bond donors (Lipinski definition) is 2. The second kappa shape index (κ2) is 8.05. The van der Waals surface area contributed by atoms with Crippen LogP contribution < -0.4 is 10.6 Å². The molecule has 4 rings (SSSR count). The van der Waals surface area contributed by atoms with Crippen molar-refractivity contribution in [3.8, 4) is 0 Å². The SMILES string of the molecule is O=C(NCC1(c2ccccc2)CC1)C1CCCN(C(=O)Nc2ccccc2)C1. The van der Waals surface area contributed by atoms with Gasteiger partial charge < -0.3 is 15.5 Å². The number of rotatable bonds is 5. The van der Waals surface area contributed by atoms with Crippen molar-refractivity contribution in [2.75, 3.05) is 25.0 Å². The zero-order valence-corrected chi connectivity index (χ0v) is 16.1. The van der Waals surface area contributed by atoms with E-state index in [1.165, 1.54) is 5.56 Å². The summed E-state index contributed by atoms with van der Waals surface area (Å²) in [5.41, 5.74) is 2.19. The molecule has 3 amide bonds. The number of nitrogens with one attached hydrogen (secondary N) is 2. The Morgan fingerprint density at radius 2 is 1.68 bits per heavy atom. The van der Waals surface area contributed by atoms with Gasteiger partial charge in [0.1, 0.15) is 0 Å². The van der Waals surface area contributed by atoms with E-state index in [0.717, 1.165) is 31.4 Å². The standard InChI is InChI=1S/C23H27N3O2/c27-21(24-17-23(13-14-23)19-9-3-1-4-10-19)18-8-7-15-26(16-18)22(28)25-20-11-5-2-6-12-20/h1-6,9-12,18H,7-8,13-17H2,(H,24,27)(H,25,28). The Labute approximate surface area is 166 Å². The van der Waals surface area contributed by atoms with Gasteiger partial charge in [0.05, 0.1) is 5.92 Å². The summed E-state index contributed by atoms with van der Waals surface area (Å²) in [6, 6.07) is 19.7. The van der Waals surface area contributed by atoms with Gasteiger partial charge in [-0.3, -0.25) is 4.79 Å². The van der Waals surface area contributed by atoms with Crippen molar-refractivity contribution in [1.82, 2.24) is 10.2 Å². The molecule has 0 aromatic heterocycles. The van der Waals surface area contributed by atoms with E-state index in [-0.39, 0.29) is 23.3 Å². The van der Waals surface area contributed by atoms with Crippen LogP contribution in [0.5, 0.6) is 0 Å². The van der Waals surface area contributed by atoms with Crippen LogP contribution in [0, 0.1) is 5.92 Å². The van der Waals surface area contributed by atoms with Crippen molar-refractivity contribution in [2.45, 2.75) is 31.1 Å². The van der Waals surface area contributed by atoms with E-state index in [0.29, 0.717) is 19.6 Å². The number of amides is 3. The number of carbonyl (C=O) groups is 2. The lowest BCUT2D eigenvalue weighted by Crippen LogP contribution is -2.47. The second-order valence-electron chi connectivity index (χ2n) is 7.95. The molecule has 2 aromatic rings. The molecule has 1 unspecified atom stereocenters. The van der Waals surface area contributed by atoms with Gasteiger partial charge in [-0.15, -0.1) is 0 Å². The molecule has 0 spiro atoms. The van der Waals surface area contributed by atoms with Crippen molar-refractivity contribution in [2.24, 2.45) is 5.92 Å². The molecule has 2 fully saturated rings. The Morgan fingerprint density at radius 3 is 2.36 bits per heavy atom. The molecule has 28 heavy (non-hydrogen) atoms. The fourth-order valence-corrected chi connectivity index (χ4v) is 4.01. The molecule has 1 saturated carbocycles. The molecule has 1 aliphatic carbocycles. The minimum atomic E-state index is -0.137. The molecular formula is C23H27N3O2. The second-order valence-corrected chi connectivity index (χ2v) is 7.95. The highest BCUT2D eigenvalue weighted by atomic mass is 16.2. The van der Waals surface area contributed by atoms with E-state index >= 15 is 0 Å². The number of benzene rings is 2. The van der Waals surface area contributed by atoms with Crippen molar-refractivity contribution in [3.63, 3.8) is 0 Å². The molecule has 1 saturated heterocycles. The molecule has 2 aliphatic rings. The van der Waals surface area contributed by atoms with Crippen LogP contribution >= 0.6 is 0 Å². The van der Waals surface area contributed by atoms with Crippen LogP contribution in [0.4, 0.5) is 10.5 Å². The van der Waals surface area contributed by atoms with Gasteiger partial charge in [0.15, 0.2) is 0 Å². The molecule has 2 N–H and O–H groups in total. The van der Waals surface area contributed by atoms with Gasteiger partial charge in [-0.1, -0.05) is 48.5 Å². The fraction of sp³-hybridized carbons (Fsp3) is 0.391. The van der Waals surface area contributed by atoms with Crippen LogP contribution in [0.25, 0.3) is 0 Å². The number of para-hydroxylation sites is 1. The first-order valence-electron chi connectivity index (χ1n) is 10.1. The third-order valence-corrected chi connectivity index (χ3v) is 5.95. The van der Waals surface area contributed by atoms with Crippen LogP contribution in [0.2, 0.25) is 0 Å². The Balaban J connectivity index is 1.30. The van der Waals surface area contributed by atoms with Crippen molar-refractivity contribution >= 4 is 17.6 Å². The zero-order chi connectivity index (χ0) is 19.4. The van der Waals surface area contributed by atoms with Crippen molar-refractivity contribution in [1.29, 1.82) is 0 Å². The van der Waals surface area contributed by atoms with Gasteiger partial charge in [0, 0.05) is 30.7 Å². The molecule has 1 heterocycles. The van der Waals surface area contributed by atoms with Crippen molar-refractivity contribution in [3.05, 3.63) is 66.2 Å². The highest BCUT2D eigenvalue weighted by Crippen LogP contribution is 2.47. The van der Waals surface area contributed by atoms with Gasteiger partial charge in [0.25, 0.3) is 0 Å². The maximum Gasteiger partial charge on any atom is 0.321 e. The number of anilines is 1. The van der Waals surface area contributed by atoms with Gasteiger partial charge in [-0.2, -0.15) is 0 Å². The van der Waals surface area contributed by atoms with E-state index in [1.54, 1.807) is 4.90 Å². The number of hydrogen-bond acceptors (Lipinski definition) is 2. The first kappa shape index (κ1) is 18.5. The quantitative estimate of drug-likeness (QED) is 0.833. The molecule has 5 heteroatoms. The van der Waals surface area contributed by atoms with E-state index in [4.69, 9.17) is 0 Å². The third-order valence-electron chi connectivity index (χ3n) is 5.95. The molecule has 1 aliphatic heterocycles. The zero-order valence-electron chi connectivity index (χ0n) is 16.1. The van der Waals surface area contributed by atoms with Gasteiger partial charge in [-0.25, -0.2) is 4.79 Å². The molecule has 146 valence electrons. The summed E-state index contributed by atoms with van der Waals surface area (Å²) in [7, 11) is 0. The summed E-state index contributed by atoms with van der Waals surface area (Å²) in [6.07, 6.45) is 3.92. The van der Waals surface area contributed by atoms with Crippen LogP contribution in [-0.4, -0.2) is 36.5 Å². The summed E-state index contributed by atoms with van der Waals surface area (Å²) in [5.74, 6) is -0.0683. The number of piperidine rings is 1. The molecule has 2 aromatic carbocycles. The maximum atomic E-state index is 12.8. The van der Waals surface area contributed by atoms with Gasteiger partial charge in [0.2, 0.25) is 5.91 Å². The number of likely N-dealkylation sites (tertiary alicyclic amines) is 1. The third kappa shape index (κ3) is 4.19. The summed E-state index contributed by atoms with van der Waals surface area (Å²) in [6.45, 7) is 1.85. The molecule has 0 bridgehead atoms.